The molecule has 0 aliphatic carbocycles. The molecule has 0 aliphatic rings. The first kappa shape index (κ1) is 16.3. The molecule has 0 radical (unpaired) electrons. The van der Waals surface area contributed by atoms with E-state index in [1.54, 1.807) is 7.11 Å². The van der Waals surface area contributed by atoms with Gasteiger partial charge in [-0.3, -0.25) is 4.79 Å². The van der Waals surface area contributed by atoms with Crippen LogP contribution in [0.5, 0.6) is 0 Å². The second-order valence-electron chi connectivity index (χ2n) is 3.54. The van der Waals surface area contributed by atoms with E-state index in [4.69, 9.17) is 4.74 Å². The lowest BCUT2D eigenvalue weighted by Gasteiger charge is -2.06. The number of nitrogens with one attached hydrogen (secondary N) is 3. The van der Waals surface area contributed by atoms with Gasteiger partial charge in [-0.05, 0) is 13.0 Å². The molecule has 0 rings (SSSR count). The molecule has 0 heterocycles. The summed E-state index contributed by atoms with van der Waals surface area (Å²) >= 11 is 0. The summed E-state index contributed by atoms with van der Waals surface area (Å²) in [5.74, 6) is -0.0990. The maximum absolute atomic E-state index is 11.2. The van der Waals surface area contributed by atoms with E-state index in [1.165, 1.54) is 0 Å². The standard InChI is InChI=1S/C9H21N3O4S/c1-16-7-6-11-9(13)8-10-4-3-5-12-17(2,14)15/h10,12H,3-8H2,1-2H3,(H,11,13). The van der Waals surface area contributed by atoms with Crippen molar-refractivity contribution in [2.75, 3.05) is 46.2 Å². The van der Waals surface area contributed by atoms with Crippen LogP contribution in [0.25, 0.3) is 0 Å². The topological polar surface area (TPSA) is 96.5 Å². The van der Waals surface area contributed by atoms with E-state index in [0.717, 1.165) is 6.26 Å². The fourth-order valence-electron chi connectivity index (χ4n) is 1.03. The molecule has 0 aromatic carbocycles. The first-order chi connectivity index (χ1) is 7.95. The second-order valence-corrected chi connectivity index (χ2v) is 5.37. The third-order valence-corrected chi connectivity index (χ3v) is 2.54. The minimum atomic E-state index is -3.11. The number of rotatable bonds is 10. The van der Waals surface area contributed by atoms with Gasteiger partial charge < -0.3 is 15.4 Å². The zero-order valence-electron chi connectivity index (χ0n) is 10.3. The van der Waals surface area contributed by atoms with Crippen LogP contribution in [0.1, 0.15) is 6.42 Å². The van der Waals surface area contributed by atoms with Crippen molar-refractivity contribution in [3.63, 3.8) is 0 Å². The fourth-order valence-corrected chi connectivity index (χ4v) is 1.54. The molecule has 17 heavy (non-hydrogen) atoms. The second kappa shape index (κ2) is 9.34. The zero-order valence-corrected chi connectivity index (χ0v) is 11.1. The first-order valence-electron chi connectivity index (χ1n) is 5.36. The van der Waals surface area contributed by atoms with Crippen LogP contribution in [0.4, 0.5) is 0 Å². The van der Waals surface area contributed by atoms with Crippen LogP contribution < -0.4 is 15.4 Å². The van der Waals surface area contributed by atoms with Crippen molar-refractivity contribution in [1.29, 1.82) is 0 Å². The van der Waals surface area contributed by atoms with Crippen molar-refractivity contribution < 1.29 is 17.9 Å². The monoisotopic (exact) mass is 267 g/mol. The summed E-state index contributed by atoms with van der Waals surface area (Å²) in [5.41, 5.74) is 0. The summed E-state index contributed by atoms with van der Waals surface area (Å²) in [6.07, 6.45) is 1.75. The lowest BCUT2D eigenvalue weighted by atomic mass is 10.4. The minimum absolute atomic E-state index is 0.0990. The third kappa shape index (κ3) is 13.2. The van der Waals surface area contributed by atoms with Crippen LogP contribution in [0.15, 0.2) is 0 Å². The average Bonchev–Trinajstić information content (AvgIpc) is 2.22. The van der Waals surface area contributed by atoms with Gasteiger partial charge in [0.05, 0.1) is 19.4 Å². The van der Waals surface area contributed by atoms with E-state index >= 15 is 0 Å². The highest BCUT2D eigenvalue weighted by Crippen LogP contribution is 1.78. The Labute approximate surface area is 102 Å². The normalized spacial score (nSPS) is 11.4. The maximum atomic E-state index is 11.2. The van der Waals surface area contributed by atoms with Gasteiger partial charge in [-0.1, -0.05) is 0 Å². The highest BCUT2D eigenvalue weighted by molar-refractivity contribution is 7.88. The summed E-state index contributed by atoms with van der Waals surface area (Å²) in [6.45, 7) is 2.16. The number of carbonyl (C=O) groups excluding carboxylic acids is 1. The first-order valence-corrected chi connectivity index (χ1v) is 7.26. The number of methoxy groups -OCH3 is 1. The molecule has 3 N–H and O–H groups in total. The smallest absolute Gasteiger partial charge is 0.234 e. The Morgan fingerprint density at radius 3 is 2.53 bits per heavy atom. The van der Waals surface area contributed by atoms with Crippen LogP contribution in [0.3, 0.4) is 0 Å². The molecular formula is C9H21N3O4S. The number of ether oxygens (including phenoxy) is 1. The van der Waals surface area contributed by atoms with Crippen LogP contribution >= 0.6 is 0 Å². The van der Waals surface area contributed by atoms with Crippen LogP contribution in [-0.2, 0) is 19.6 Å². The van der Waals surface area contributed by atoms with Gasteiger partial charge in [0.2, 0.25) is 15.9 Å². The number of hydrogen-bond acceptors (Lipinski definition) is 5. The molecular weight excluding hydrogens is 246 g/mol. The lowest BCUT2D eigenvalue weighted by Crippen LogP contribution is -2.36. The summed E-state index contributed by atoms with van der Waals surface area (Å²) in [5, 5.41) is 5.57. The number of carbonyl (C=O) groups is 1. The molecule has 0 spiro atoms. The lowest BCUT2D eigenvalue weighted by molar-refractivity contribution is -0.120. The van der Waals surface area contributed by atoms with Gasteiger partial charge in [0.25, 0.3) is 0 Å². The van der Waals surface area contributed by atoms with Crippen molar-refractivity contribution >= 4 is 15.9 Å². The highest BCUT2D eigenvalue weighted by Gasteiger charge is 2.00. The molecule has 8 heteroatoms. The predicted molar refractivity (Wildman–Crippen MR) is 65.2 cm³/mol. The molecule has 0 aromatic heterocycles. The molecule has 7 nitrogen and oxygen atoms in total. The molecule has 0 saturated carbocycles. The van der Waals surface area contributed by atoms with Crippen LogP contribution in [0, 0.1) is 0 Å². The number of sulfonamides is 1. The van der Waals surface area contributed by atoms with Gasteiger partial charge in [0.15, 0.2) is 0 Å². The molecule has 0 aromatic rings. The third-order valence-electron chi connectivity index (χ3n) is 1.81. The number of hydrogen-bond donors (Lipinski definition) is 3. The molecule has 0 fully saturated rings. The fraction of sp³-hybridized carbons (Fsp3) is 0.889. The van der Waals surface area contributed by atoms with Crippen molar-refractivity contribution in [2.24, 2.45) is 0 Å². The average molecular weight is 267 g/mol. The van der Waals surface area contributed by atoms with E-state index in [-0.39, 0.29) is 12.5 Å². The van der Waals surface area contributed by atoms with Crippen molar-refractivity contribution in [2.45, 2.75) is 6.42 Å². The summed E-state index contributed by atoms with van der Waals surface area (Å²) < 4.78 is 28.6. The van der Waals surface area contributed by atoms with Gasteiger partial charge in [0.1, 0.15) is 0 Å². The van der Waals surface area contributed by atoms with E-state index in [1.807, 2.05) is 0 Å². The molecule has 0 atom stereocenters. The molecule has 0 unspecified atom stereocenters. The van der Waals surface area contributed by atoms with Crippen molar-refractivity contribution in [1.82, 2.24) is 15.4 Å². The van der Waals surface area contributed by atoms with Crippen molar-refractivity contribution in [3.8, 4) is 0 Å². The minimum Gasteiger partial charge on any atom is -0.383 e. The van der Waals surface area contributed by atoms with Gasteiger partial charge in [-0.25, -0.2) is 13.1 Å². The van der Waals surface area contributed by atoms with E-state index in [0.29, 0.717) is 32.7 Å². The zero-order chi connectivity index (χ0) is 13.1. The largest absolute Gasteiger partial charge is 0.383 e. The van der Waals surface area contributed by atoms with Crippen molar-refractivity contribution in [3.05, 3.63) is 0 Å². The molecule has 0 bridgehead atoms. The Bertz CT molecular complexity index is 305. The number of amides is 1. The Morgan fingerprint density at radius 1 is 1.24 bits per heavy atom. The van der Waals surface area contributed by atoms with E-state index in [2.05, 4.69) is 15.4 Å². The molecule has 0 saturated heterocycles. The van der Waals surface area contributed by atoms with Gasteiger partial charge in [-0.2, -0.15) is 0 Å². The van der Waals surface area contributed by atoms with Crippen LogP contribution in [-0.4, -0.2) is 60.5 Å². The quantitative estimate of drug-likeness (QED) is 0.409. The summed E-state index contributed by atoms with van der Waals surface area (Å²) in [7, 11) is -1.54. The summed E-state index contributed by atoms with van der Waals surface area (Å²) in [4.78, 5) is 11.2. The maximum Gasteiger partial charge on any atom is 0.234 e. The SMILES string of the molecule is COCCNC(=O)CNCCCNS(C)(=O)=O. The Kier molecular flexibility index (Phi) is 8.96. The predicted octanol–water partition coefficient (Wildman–Crippen LogP) is -1.72. The van der Waals surface area contributed by atoms with Crippen LogP contribution in [0.2, 0.25) is 0 Å². The molecule has 0 aliphatic heterocycles. The Hall–Kier alpha value is -0.700. The van der Waals surface area contributed by atoms with Gasteiger partial charge in [0, 0.05) is 20.2 Å². The Morgan fingerprint density at radius 2 is 1.94 bits per heavy atom. The molecule has 1 amide bonds. The van der Waals surface area contributed by atoms with Gasteiger partial charge in [-0.15, -0.1) is 0 Å². The van der Waals surface area contributed by atoms with E-state index < -0.39 is 10.0 Å². The highest BCUT2D eigenvalue weighted by atomic mass is 32.2. The summed E-state index contributed by atoms with van der Waals surface area (Å²) in [6, 6.07) is 0. The Balaban J connectivity index is 3.30. The molecule has 102 valence electrons. The van der Waals surface area contributed by atoms with E-state index in [9.17, 15) is 13.2 Å². The van der Waals surface area contributed by atoms with Gasteiger partial charge >= 0.3 is 0 Å².